The van der Waals surface area contributed by atoms with Crippen LogP contribution in [0.15, 0.2) is 21.8 Å². The minimum absolute atomic E-state index is 0.114. The van der Waals surface area contributed by atoms with Crippen molar-refractivity contribution in [3.05, 3.63) is 33.2 Å². The van der Waals surface area contributed by atoms with Gasteiger partial charge in [-0.25, -0.2) is 4.68 Å². The van der Waals surface area contributed by atoms with Crippen LogP contribution >= 0.6 is 15.9 Å². The van der Waals surface area contributed by atoms with Gasteiger partial charge in [-0.1, -0.05) is 0 Å². The molecule has 1 atom stereocenters. The summed E-state index contributed by atoms with van der Waals surface area (Å²) in [6, 6.07) is 0. The number of anilines is 1. The summed E-state index contributed by atoms with van der Waals surface area (Å²) in [6.45, 7) is 4.71. The van der Waals surface area contributed by atoms with Gasteiger partial charge < -0.3 is 9.47 Å². The molecule has 0 aliphatic carbocycles. The number of halogens is 1. The number of rotatable bonds is 3. The fraction of sp³-hybridized carbons (Fsp3) is 0.571. The van der Waals surface area contributed by atoms with E-state index in [0.717, 1.165) is 44.0 Å². The molecule has 0 aromatic carbocycles. The molecule has 0 bridgehead atoms. The Balaban J connectivity index is 1.88. The van der Waals surface area contributed by atoms with Crippen LogP contribution in [0, 0.1) is 0 Å². The Morgan fingerprint density at radius 3 is 3.05 bits per heavy atom. The first-order valence-corrected chi connectivity index (χ1v) is 8.25. The molecule has 2 aromatic rings. The van der Waals surface area contributed by atoms with Crippen molar-refractivity contribution in [3.63, 3.8) is 0 Å². The zero-order valence-corrected chi connectivity index (χ0v) is 14.3. The van der Waals surface area contributed by atoms with Crippen LogP contribution in [0.5, 0.6) is 0 Å². The SMILES string of the molecule is CCn1cnnc1C1CCCN(c2cnn(C)c(=O)c2Br)C1. The van der Waals surface area contributed by atoms with Gasteiger partial charge in [0.15, 0.2) is 0 Å². The fourth-order valence-electron chi connectivity index (χ4n) is 2.95. The van der Waals surface area contributed by atoms with E-state index in [2.05, 4.69) is 47.6 Å². The molecule has 0 spiro atoms. The second-order valence-corrected chi connectivity index (χ2v) is 6.33. The molecule has 22 heavy (non-hydrogen) atoms. The molecule has 8 heteroatoms. The van der Waals surface area contributed by atoms with E-state index >= 15 is 0 Å². The van der Waals surface area contributed by atoms with Crippen LogP contribution in [0.3, 0.4) is 0 Å². The van der Waals surface area contributed by atoms with Gasteiger partial charge in [0.2, 0.25) is 0 Å². The molecule has 1 unspecified atom stereocenters. The van der Waals surface area contributed by atoms with E-state index in [4.69, 9.17) is 0 Å². The number of nitrogens with zero attached hydrogens (tertiary/aromatic N) is 6. The third-order valence-corrected chi connectivity index (χ3v) is 4.92. The van der Waals surface area contributed by atoms with Gasteiger partial charge in [0.05, 0.1) is 11.9 Å². The Hall–Kier alpha value is -1.70. The predicted molar refractivity (Wildman–Crippen MR) is 87.1 cm³/mol. The Kier molecular flexibility index (Phi) is 4.28. The molecular weight excluding hydrogens is 348 g/mol. The van der Waals surface area contributed by atoms with E-state index in [-0.39, 0.29) is 5.56 Å². The molecule has 2 aromatic heterocycles. The topological polar surface area (TPSA) is 68.8 Å². The van der Waals surface area contributed by atoms with Crippen molar-refractivity contribution in [2.45, 2.75) is 32.2 Å². The highest BCUT2D eigenvalue weighted by Gasteiger charge is 2.27. The third-order valence-electron chi connectivity index (χ3n) is 4.17. The van der Waals surface area contributed by atoms with Gasteiger partial charge in [0.25, 0.3) is 5.56 Å². The summed E-state index contributed by atoms with van der Waals surface area (Å²) in [6.07, 6.45) is 5.68. The van der Waals surface area contributed by atoms with Crippen LogP contribution in [0.1, 0.15) is 31.5 Å². The van der Waals surface area contributed by atoms with Gasteiger partial charge in [-0.3, -0.25) is 4.79 Å². The molecule has 7 nitrogen and oxygen atoms in total. The first-order chi connectivity index (χ1) is 10.6. The van der Waals surface area contributed by atoms with E-state index in [1.807, 2.05) is 0 Å². The minimum Gasteiger partial charge on any atom is -0.368 e. The van der Waals surface area contributed by atoms with Crippen molar-refractivity contribution in [1.82, 2.24) is 24.5 Å². The van der Waals surface area contributed by atoms with Gasteiger partial charge in [-0.2, -0.15) is 5.10 Å². The smallest absolute Gasteiger partial charge is 0.282 e. The Labute approximate surface area is 137 Å². The highest BCUT2D eigenvalue weighted by Crippen LogP contribution is 2.31. The maximum Gasteiger partial charge on any atom is 0.282 e. The van der Waals surface area contributed by atoms with Crippen molar-refractivity contribution in [2.24, 2.45) is 7.05 Å². The van der Waals surface area contributed by atoms with Crippen LogP contribution in [-0.4, -0.2) is 37.6 Å². The zero-order chi connectivity index (χ0) is 15.7. The standard InChI is InChI=1S/C14H19BrN6O/c1-3-20-9-16-18-13(20)10-5-4-6-21(8-10)11-7-17-19(2)14(22)12(11)15/h7,9-10H,3-6,8H2,1-2H3. The lowest BCUT2D eigenvalue weighted by atomic mass is 9.97. The van der Waals surface area contributed by atoms with Crippen LogP contribution in [0.2, 0.25) is 0 Å². The highest BCUT2D eigenvalue weighted by molar-refractivity contribution is 9.10. The number of hydrogen-bond donors (Lipinski definition) is 0. The molecule has 1 aliphatic rings. The fourth-order valence-corrected chi connectivity index (χ4v) is 3.56. The number of aryl methyl sites for hydroxylation is 2. The summed E-state index contributed by atoms with van der Waals surface area (Å²) < 4.78 is 4.00. The second kappa shape index (κ2) is 6.20. The zero-order valence-electron chi connectivity index (χ0n) is 12.7. The van der Waals surface area contributed by atoms with Crippen LogP contribution in [0.25, 0.3) is 0 Å². The molecule has 1 saturated heterocycles. The largest absolute Gasteiger partial charge is 0.368 e. The van der Waals surface area contributed by atoms with Gasteiger partial charge in [0.1, 0.15) is 16.6 Å². The molecule has 0 N–H and O–H groups in total. The third kappa shape index (κ3) is 2.67. The van der Waals surface area contributed by atoms with E-state index in [9.17, 15) is 4.79 Å². The van der Waals surface area contributed by atoms with Crippen LogP contribution < -0.4 is 10.5 Å². The van der Waals surface area contributed by atoms with Gasteiger partial charge >= 0.3 is 0 Å². The number of piperidine rings is 1. The number of aromatic nitrogens is 5. The quantitative estimate of drug-likeness (QED) is 0.823. The van der Waals surface area contributed by atoms with Gasteiger partial charge in [-0.15, -0.1) is 10.2 Å². The molecule has 118 valence electrons. The normalized spacial score (nSPS) is 18.7. The summed E-state index contributed by atoms with van der Waals surface area (Å²) in [4.78, 5) is 14.3. The van der Waals surface area contributed by atoms with Crippen molar-refractivity contribution >= 4 is 21.6 Å². The molecule has 0 saturated carbocycles. The summed E-state index contributed by atoms with van der Waals surface area (Å²) in [7, 11) is 1.65. The van der Waals surface area contributed by atoms with E-state index < -0.39 is 0 Å². The molecule has 3 heterocycles. The molecule has 3 rings (SSSR count). The van der Waals surface area contributed by atoms with Crippen molar-refractivity contribution in [2.75, 3.05) is 18.0 Å². The molecular formula is C14H19BrN6O. The lowest BCUT2D eigenvalue weighted by Crippen LogP contribution is -2.37. The Morgan fingerprint density at radius 1 is 1.45 bits per heavy atom. The van der Waals surface area contributed by atoms with E-state index in [1.165, 1.54) is 4.68 Å². The highest BCUT2D eigenvalue weighted by atomic mass is 79.9. The van der Waals surface area contributed by atoms with Crippen LogP contribution in [0.4, 0.5) is 5.69 Å². The average molecular weight is 367 g/mol. The summed E-state index contributed by atoms with van der Waals surface area (Å²) in [5, 5.41) is 12.5. The second-order valence-electron chi connectivity index (χ2n) is 5.53. The maximum atomic E-state index is 12.0. The first-order valence-electron chi connectivity index (χ1n) is 7.46. The first kappa shape index (κ1) is 15.2. The predicted octanol–water partition coefficient (Wildman–Crippen LogP) is 1.54. The summed E-state index contributed by atoms with van der Waals surface area (Å²) >= 11 is 3.42. The van der Waals surface area contributed by atoms with Crippen molar-refractivity contribution in [1.29, 1.82) is 0 Å². The lowest BCUT2D eigenvalue weighted by molar-refractivity contribution is 0.472. The Bertz CT molecular complexity index is 724. The minimum atomic E-state index is -0.114. The van der Waals surface area contributed by atoms with E-state index in [1.54, 1.807) is 19.6 Å². The Morgan fingerprint density at radius 2 is 2.27 bits per heavy atom. The maximum absolute atomic E-state index is 12.0. The lowest BCUT2D eigenvalue weighted by Gasteiger charge is -2.34. The van der Waals surface area contributed by atoms with E-state index in [0.29, 0.717) is 10.4 Å². The summed E-state index contributed by atoms with van der Waals surface area (Å²) in [5.41, 5.74) is 0.742. The van der Waals surface area contributed by atoms with Crippen molar-refractivity contribution < 1.29 is 0 Å². The summed E-state index contributed by atoms with van der Waals surface area (Å²) in [5.74, 6) is 1.35. The molecule has 0 radical (unpaired) electrons. The molecule has 1 fully saturated rings. The van der Waals surface area contributed by atoms with Crippen LogP contribution in [-0.2, 0) is 13.6 Å². The monoisotopic (exact) mass is 366 g/mol. The number of hydrogen-bond acceptors (Lipinski definition) is 5. The van der Waals surface area contributed by atoms with Gasteiger partial charge in [0, 0.05) is 32.6 Å². The average Bonchev–Trinajstić information content (AvgIpc) is 3.01. The van der Waals surface area contributed by atoms with Crippen molar-refractivity contribution in [3.8, 4) is 0 Å². The molecule has 0 amide bonds. The van der Waals surface area contributed by atoms with Gasteiger partial charge in [-0.05, 0) is 35.7 Å². The molecule has 1 aliphatic heterocycles.